The molecule has 8 heteroatoms. The largest absolute Gasteiger partial charge is 0.508 e. The number of halogens is 4. The Bertz CT molecular complexity index is 1180. The van der Waals surface area contributed by atoms with Gasteiger partial charge in [0.2, 0.25) is 0 Å². The van der Waals surface area contributed by atoms with Crippen molar-refractivity contribution in [3.05, 3.63) is 63.8 Å². The number of piperidine rings is 1. The number of hydrogen-bond acceptors (Lipinski definition) is 3. The van der Waals surface area contributed by atoms with Crippen molar-refractivity contribution in [3.8, 4) is 5.75 Å². The summed E-state index contributed by atoms with van der Waals surface area (Å²) < 4.78 is 43.4. The van der Waals surface area contributed by atoms with Crippen molar-refractivity contribution in [2.75, 3.05) is 13.1 Å². The molecular formula is C27H32BrF3N2O2. The number of fused-ring (bicyclic) bond motifs is 1. The molecule has 1 unspecified atom stereocenters. The number of nitrogens with zero attached hydrogens (tertiary/aromatic N) is 1. The summed E-state index contributed by atoms with van der Waals surface area (Å²) in [5.74, 6) is -0.102. The molecule has 2 heterocycles. The Morgan fingerprint density at radius 1 is 1.00 bits per heavy atom. The molecule has 1 aliphatic rings. The number of rotatable bonds is 7. The highest BCUT2D eigenvalue weighted by Crippen LogP contribution is 2.45. The van der Waals surface area contributed by atoms with Gasteiger partial charge in [-0.25, -0.2) is 0 Å². The molecule has 1 saturated heterocycles. The molecule has 3 N–H and O–H groups in total. The highest BCUT2D eigenvalue weighted by Gasteiger charge is 2.56. The summed E-state index contributed by atoms with van der Waals surface area (Å²) >= 11 is 3.31. The molecule has 4 rings (SSSR count). The van der Waals surface area contributed by atoms with Gasteiger partial charge in [0.25, 0.3) is 0 Å². The Morgan fingerprint density at radius 2 is 1.71 bits per heavy atom. The van der Waals surface area contributed by atoms with Crippen molar-refractivity contribution in [2.45, 2.75) is 69.7 Å². The van der Waals surface area contributed by atoms with E-state index >= 15 is 0 Å². The minimum atomic E-state index is -4.86. The van der Waals surface area contributed by atoms with Crippen molar-refractivity contribution >= 4 is 26.8 Å². The summed E-state index contributed by atoms with van der Waals surface area (Å²) in [6, 6.07) is 12.3. The molecule has 3 aromatic rings. The average molecular weight is 553 g/mol. The number of H-pyrrole nitrogens is 1. The summed E-state index contributed by atoms with van der Waals surface area (Å²) in [4.78, 5) is 5.47. The smallest absolute Gasteiger partial charge is 0.417 e. The van der Waals surface area contributed by atoms with E-state index in [2.05, 4.69) is 25.8 Å². The maximum absolute atomic E-state index is 14.3. The third-order valence-electron chi connectivity index (χ3n) is 7.03. The lowest BCUT2D eigenvalue weighted by Crippen LogP contribution is -2.50. The fraction of sp³-hybridized carbons (Fsp3) is 0.481. The Labute approximate surface area is 212 Å². The number of alkyl halides is 3. The number of aromatic hydroxyl groups is 1. The van der Waals surface area contributed by atoms with Crippen LogP contribution in [0, 0.1) is 0 Å². The zero-order valence-electron chi connectivity index (χ0n) is 20.1. The summed E-state index contributed by atoms with van der Waals surface area (Å²) in [6.45, 7) is 6.16. The Morgan fingerprint density at radius 3 is 2.40 bits per heavy atom. The van der Waals surface area contributed by atoms with Gasteiger partial charge in [0.15, 0.2) is 5.60 Å². The number of aromatic nitrogens is 1. The number of likely N-dealkylation sites (tertiary alicyclic amines) is 1. The van der Waals surface area contributed by atoms with E-state index in [1.807, 2.05) is 18.2 Å². The van der Waals surface area contributed by atoms with Crippen molar-refractivity contribution in [3.63, 3.8) is 0 Å². The topological polar surface area (TPSA) is 59.5 Å². The third-order valence-corrected chi connectivity index (χ3v) is 7.52. The van der Waals surface area contributed by atoms with E-state index in [1.54, 1.807) is 32.0 Å². The SMILES string of the molecule is CC(C)(CC(O)(Cc1cc2cc(CN3CCCCC3)ccc2[nH]1)C(F)(F)F)c1cc(Br)ccc1O. The van der Waals surface area contributed by atoms with Gasteiger partial charge in [0.05, 0.1) is 0 Å². The van der Waals surface area contributed by atoms with Crippen LogP contribution in [0.3, 0.4) is 0 Å². The van der Waals surface area contributed by atoms with E-state index in [1.165, 1.54) is 25.3 Å². The first kappa shape index (κ1) is 26.0. The van der Waals surface area contributed by atoms with E-state index in [4.69, 9.17) is 0 Å². The maximum atomic E-state index is 14.3. The van der Waals surface area contributed by atoms with Crippen LogP contribution in [0.25, 0.3) is 10.9 Å². The van der Waals surface area contributed by atoms with Gasteiger partial charge < -0.3 is 15.2 Å². The fourth-order valence-electron chi connectivity index (χ4n) is 5.27. The third kappa shape index (κ3) is 5.87. The lowest BCUT2D eigenvalue weighted by atomic mass is 9.73. The number of benzene rings is 2. The number of nitrogens with one attached hydrogen (secondary N) is 1. The van der Waals surface area contributed by atoms with Crippen LogP contribution >= 0.6 is 15.9 Å². The molecule has 35 heavy (non-hydrogen) atoms. The molecule has 0 bridgehead atoms. The number of aliphatic hydroxyl groups is 1. The molecule has 0 saturated carbocycles. The highest BCUT2D eigenvalue weighted by atomic mass is 79.9. The lowest BCUT2D eigenvalue weighted by Gasteiger charge is -2.38. The van der Waals surface area contributed by atoms with Gasteiger partial charge in [0.1, 0.15) is 5.75 Å². The zero-order valence-corrected chi connectivity index (χ0v) is 21.6. The van der Waals surface area contributed by atoms with Gasteiger partial charge in [-0.2, -0.15) is 13.2 Å². The maximum Gasteiger partial charge on any atom is 0.417 e. The summed E-state index contributed by atoms with van der Waals surface area (Å²) in [5, 5.41) is 22.2. The van der Waals surface area contributed by atoms with Crippen LogP contribution in [0.1, 0.15) is 56.4 Å². The van der Waals surface area contributed by atoms with Crippen LogP contribution in [-0.2, 0) is 18.4 Å². The van der Waals surface area contributed by atoms with Gasteiger partial charge in [-0.3, -0.25) is 4.90 Å². The molecule has 0 radical (unpaired) electrons. The van der Waals surface area contributed by atoms with E-state index in [9.17, 15) is 23.4 Å². The fourth-order valence-corrected chi connectivity index (χ4v) is 5.63. The molecule has 190 valence electrons. The van der Waals surface area contributed by atoms with E-state index in [0.717, 1.165) is 36.1 Å². The first-order valence-corrected chi connectivity index (χ1v) is 12.8. The van der Waals surface area contributed by atoms with E-state index in [0.29, 0.717) is 15.7 Å². The quantitative estimate of drug-likeness (QED) is 0.301. The predicted octanol–water partition coefficient (Wildman–Crippen LogP) is 6.83. The number of aromatic amines is 1. The van der Waals surface area contributed by atoms with Gasteiger partial charge >= 0.3 is 6.18 Å². The second kappa shape index (κ2) is 9.79. The van der Waals surface area contributed by atoms with Crippen LogP contribution in [-0.4, -0.2) is 45.0 Å². The molecule has 1 aromatic heterocycles. The molecular weight excluding hydrogens is 521 g/mol. The molecule has 1 atom stereocenters. The summed E-state index contributed by atoms with van der Waals surface area (Å²) in [5.41, 5.74) is -1.59. The van der Waals surface area contributed by atoms with Gasteiger partial charge in [-0.15, -0.1) is 0 Å². The average Bonchev–Trinajstić information content (AvgIpc) is 3.16. The zero-order chi connectivity index (χ0) is 25.4. The van der Waals surface area contributed by atoms with Crippen LogP contribution in [0.4, 0.5) is 13.2 Å². The molecule has 0 spiro atoms. The van der Waals surface area contributed by atoms with E-state index < -0.39 is 30.0 Å². The van der Waals surface area contributed by atoms with Gasteiger partial charge in [0, 0.05) is 34.2 Å². The van der Waals surface area contributed by atoms with Crippen LogP contribution in [0.2, 0.25) is 0 Å². The Hall–Kier alpha value is -2.03. The summed E-state index contributed by atoms with van der Waals surface area (Å²) in [7, 11) is 0. The Kier molecular flexibility index (Phi) is 7.28. The van der Waals surface area contributed by atoms with Crippen molar-refractivity contribution in [1.82, 2.24) is 9.88 Å². The van der Waals surface area contributed by atoms with Crippen LogP contribution in [0.5, 0.6) is 5.75 Å². The van der Waals surface area contributed by atoms with Crippen molar-refractivity contribution in [2.24, 2.45) is 0 Å². The minimum Gasteiger partial charge on any atom is -0.508 e. The van der Waals surface area contributed by atoms with Crippen molar-refractivity contribution in [1.29, 1.82) is 0 Å². The van der Waals surface area contributed by atoms with Gasteiger partial charge in [-0.1, -0.05) is 42.3 Å². The Balaban J connectivity index is 1.59. The van der Waals surface area contributed by atoms with Crippen LogP contribution < -0.4 is 0 Å². The monoisotopic (exact) mass is 552 g/mol. The van der Waals surface area contributed by atoms with Crippen LogP contribution in [0.15, 0.2) is 46.9 Å². The first-order valence-electron chi connectivity index (χ1n) is 12.0. The highest BCUT2D eigenvalue weighted by molar-refractivity contribution is 9.10. The van der Waals surface area contributed by atoms with Crippen molar-refractivity contribution < 1.29 is 23.4 Å². The minimum absolute atomic E-state index is 0.102. The number of phenols is 1. The predicted molar refractivity (Wildman–Crippen MR) is 136 cm³/mol. The molecule has 2 aromatic carbocycles. The molecule has 1 fully saturated rings. The molecule has 1 aliphatic heterocycles. The van der Waals surface area contributed by atoms with Gasteiger partial charge in [-0.05, 0) is 85.1 Å². The second-order valence-corrected chi connectivity index (χ2v) is 11.4. The first-order chi connectivity index (χ1) is 16.4. The van der Waals surface area contributed by atoms with E-state index in [-0.39, 0.29) is 5.75 Å². The molecule has 0 amide bonds. The second-order valence-electron chi connectivity index (χ2n) is 10.5. The number of phenolic OH excluding ortho intramolecular Hbond substituents is 1. The normalized spacial score (nSPS) is 17.6. The standard InChI is InChI=1S/C27H32BrF3N2O2/c1-25(2,22-14-20(28)7-9-24(22)34)17-26(35,27(29,30)31)15-21-13-19-12-18(6-8-23(19)32-21)16-33-10-4-3-5-11-33/h6-9,12-14,32,34-35H,3-5,10-11,15-17H2,1-2H3. The molecule has 4 nitrogen and oxygen atoms in total. The number of hydrogen-bond donors (Lipinski definition) is 3. The summed E-state index contributed by atoms with van der Waals surface area (Å²) in [6.07, 6.45) is -2.42. The lowest BCUT2D eigenvalue weighted by molar-refractivity contribution is -0.266. The molecule has 0 aliphatic carbocycles.